The summed E-state index contributed by atoms with van der Waals surface area (Å²) < 4.78 is 13.8. The number of hydrogen-bond donors (Lipinski definition) is 1. The lowest BCUT2D eigenvalue weighted by Gasteiger charge is -2.27. The molecule has 0 aromatic heterocycles. The Bertz CT molecular complexity index is 473. The molecule has 2 rings (SSSR count). The van der Waals surface area contributed by atoms with Crippen LogP contribution in [0.15, 0.2) is 12.1 Å². The number of nitrogens with zero attached hydrogens (tertiary/aromatic N) is 2. The van der Waals surface area contributed by atoms with Gasteiger partial charge in [-0.1, -0.05) is 0 Å². The van der Waals surface area contributed by atoms with Gasteiger partial charge in [0.25, 0.3) is 0 Å². The second kappa shape index (κ2) is 6.10. The van der Waals surface area contributed by atoms with E-state index in [1.54, 1.807) is 13.0 Å². The first-order valence-corrected chi connectivity index (χ1v) is 7.33. The molecule has 0 radical (unpaired) electrons. The summed E-state index contributed by atoms with van der Waals surface area (Å²) >= 11 is 0. The van der Waals surface area contributed by atoms with E-state index in [9.17, 15) is 4.39 Å². The van der Waals surface area contributed by atoms with Gasteiger partial charge in [-0.05, 0) is 63.0 Å². The molecule has 0 aliphatic carbocycles. The summed E-state index contributed by atoms with van der Waals surface area (Å²) in [7, 11) is 4.24. The van der Waals surface area contributed by atoms with Crippen molar-refractivity contribution in [2.45, 2.75) is 26.3 Å². The van der Waals surface area contributed by atoms with E-state index in [2.05, 4.69) is 23.9 Å². The lowest BCUT2D eigenvalue weighted by molar-refractivity contribution is 0.396. The van der Waals surface area contributed by atoms with Crippen LogP contribution in [0, 0.1) is 18.7 Å². The summed E-state index contributed by atoms with van der Waals surface area (Å²) in [5.74, 6) is 0.506. The number of nitrogens with two attached hydrogens (primary N) is 1. The van der Waals surface area contributed by atoms with Crippen molar-refractivity contribution in [3.8, 4) is 0 Å². The van der Waals surface area contributed by atoms with E-state index in [0.717, 1.165) is 24.3 Å². The maximum absolute atomic E-state index is 13.8. The molecule has 0 amide bonds. The number of hydrogen-bond acceptors (Lipinski definition) is 3. The Kier molecular flexibility index (Phi) is 4.66. The fraction of sp³-hybridized carbons (Fsp3) is 0.625. The Balaban J connectivity index is 2.19. The third-order valence-electron chi connectivity index (χ3n) is 4.23. The number of rotatable bonds is 4. The van der Waals surface area contributed by atoms with E-state index >= 15 is 0 Å². The van der Waals surface area contributed by atoms with Gasteiger partial charge in [0, 0.05) is 31.9 Å². The Morgan fingerprint density at radius 3 is 2.75 bits per heavy atom. The summed E-state index contributed by atoms with van der Waals surface area (Å²) in [5.41, 5.74) is 8.63. The molecule has 1 heterocycles. The van der Waals surface area contributed by atoms with Gasteiger partial charge >= 0.3 is 0 Å². The standard InChI is InChI=1S/C16H26FN3/c1-11-7-16(14(12(2)18)8-15(11)17)20(4)10-13-5-6-19(3)9-13/h7-8,12-13H,5-6,9-10,18H2,1-4H3/t12-,13?/m0/s1. The summed E-state index contributed by atoms with van der Waals surface area (Å²) in [5, 5.41) is 0. The van der Waals surface area contributed by atoms with Crippen LogP contribution < -0.4 is 10.6 Å². The van der Waals surface area contributed by atoms with Crippen LogP contribution in [0.4, 0.5) is 10.1 Å². The van der Waals surface area contributed by atoms with Gasteiger partial charge in [-0.2, -0.15) is 0 Å². The highest BCUT2D eigenvalue weighted by atomic mass is 19.1. The molecule has 1 saturated heterocycles. The van der Waals surface area contributed by atoms with Crippen LogP contribution in [0.5, 0.6) is 0 Å². The molecule has 1 aromatic rings. The maximum Gasteiger partial charge on any atom is 0.126 e. The number of halogens is 1. The molecule has 1 fully saturated rings. The molecule has 0 saturated carbocycles. The topological polar surface area (TPSA) is 32.5 Å². The van der Waals surface area contributed by atoms with E-state index in [-0.39, 0.29) is 11.9 Å². The first-order chi connectivity index (χ1) is 9.38. The average molecular weight is 279 g/mol. The van der Waals surface area contributed by atoms with E-state index in [4.69, 9.17) is 5.73 Å². The van der Waals surface area contributed by atoms with Gasteiger partial charge in [0.1, 0.15) is 5.82 Å². The van der Waals surface area contributed by atoms with Gasteiger partial charge in [-0.25, -0.2) is 4.39 Å². The van der Waals surface area contributed by atoms with E-state index < -0.39 is 0 Å². The zero-order chi connectivity index (χ0) is 14.9. The monoisotopic (exact) mass is 279 g/mol. The Labute approximate surface area is 121 Å². The van der Waals surface area contributed by atoms with Crippen LogP contribution in [0.1, 0.15) is 30.5 Å². The summed E-state index contributed by atoms with van der Waals surface area (Å²) in [6.07, 6.45) is 1.23. The molecule has 4 heteroatoms. The highest BCUT2D eigenvalue weighted by molar-refractivity contribution is 5.56. The van der Waals surface area contributed by atoms with Crippen LogP contribution in [-0.4, -0.2) is 38.6 Å². The highest BCUT2D eigenvalue weighted by Gasteiger charge is 2.22. The summed E-state index contributed by atoms with van der Waals surface area (Å²) in [6, 6.07) is 3.35. The van der Waals surface area contributed by atoms with Crippen molar-refractivity contribution in [1.82, 2.24) is 4.90 Å². The van der Waals surface area contributed by atoms with Crippen LogP contribution in [-0.2, 0) is 0 Å². The van der Waals surface area contributed by atoms with Crippen molar-refractivity contribution in [3.63, 3.8) is 0 Å². The Morgan fingerprint density at radius 1 is 1.50 bits per heavy atom. The van der Waals surface area contributed by atoms with Crippen molar-refractivity contribution in [2.75, 3.05) is 38.6 Å². The first kappa shape index (κ1) is 15.3. The molecule has 0 spiro atoms. The number of aryl methyl sites for hydroxylation is 1. The minimum Gasteiger partial charge on any atom is -0.374 e. The van der Waals surface area contributed by atoms with Gasteiger partial charge in [0.2, 0.25) is 0 Å². The Morgan fingerprint density at radius 2 is 2.20 bits per heavy atom. The van der Waals surface area contributed by atoms with Crippen molar-refractivity contribution in [2.24, 2.45) is 11.7 Å². The fourth-order valence-electron chi connectivity index (χ4n) is 3.04. The van der Waals surface area contributed by atoms with Crippen molar-refractivity contribution in [1.29, 1.82) is 0 Å². The predicted molar refractivity (Wildman–Crippen MR) is 82.6 cm³/mol. The van der Waals surface area contributed by atoms with Crippen molar-refractivity contribution < 1.29 is 4.39 Å². The third kappa shape index (κ3) is 3.30. The fourth-order valence-corrected chi connectivity index (χ4v) is 3.04. The van der Waals surface area contributed by atoms with Crippen LogP contribution in [0.2, 0.25) is 0 Å². The molecular weight excluding hydrogens is 253 g/mol. The first-order valence-electron chi connectivity index (χ1n) is 7.33. The number of likely N-dealkylation sites (tertiary alicyclic amines) is 1. The van der Waals surface area contributed by atoms with E-state index in [1.165, 1.54) is 13.0 Å². The van der Waals surface area contributed by atoms with Crippen LogP contribution in [0.25, 0.3) is 0 Å². The van der Waals surface area contributed by atoms with E-state index in [0.29, 0.717) is 11.5 Å². The molecular formula is C16H26FN3. The maximum atomic E-state index is 13.8. The lowest BCUT2D eigenvalue weighted by atomic mass is 10.0. The quantitative estimate of drug-likeness (QED) is 0.919. The number of benzene rings is 1. The molecule has 3 nitrogen and oxygen atoms in total. The van der Waals surface area contributed by atoms with E-state index in [1.807, 2.05) is 13.0 Å². The van der Waals surface area contributed by atoms with Gasteiger partial charge in [-0.15, -0.1) is 0 Å². The van der Waals surface area contributed by atoms with Crippen LogP contribution in [0.3, 0.4) is 0 Å². The number of anilines is 1. The molecule has 112 valence electrons. The predicted octanol–water partition coefficient (Wildman–Crippen LogP) is 2.54. The zero-order valence-electron chi connectivity index (χ0n) is 13.0. The SMILES string of the molecule is Cc1cc(N(C)CC2CCN(C)C2)c([C@H](C)N)cc1F. The van der Waals surface area contributed by atoms with Gasteiger partial charge in [-0.3, -0.25) is 0 Å². The smallest absolute Gasteiger partial charge is 0.126 e. The molecule has 1 unspecified atom stereocenters. The second-order valence-corrected chi connectivity index (χ2v) is 6.25. The molecule has 1 aromatic carbocycles. The van der Waals surface area contributed by atoms with Gasteiger partial charge in [0.15, 0.2) is 0 Å². The minimum absolute atomic E-state index is 0.159. The zero-order valence-corrected chi connectivity index (χ0v) is 13.0. The summed E-state index contributed by atoms with van der Waals surface area (Å²) in [4.78, 5) is 4.59. The molecule has 20 heavy (non-hydrogen) atoms. The normalized spacial score (nSPS) is 21.2. The minimum atomic E-state index is -0.171. The van der Waals surface area contributed by atoms with Crippen molar-refractivity contribution >= 4 is 5.69 Å². The Hall–Kier alpha value is -1.13. The van der Waals surface area contributed by atoms with Gasteiger partial charge in [0.05, 0.1) is 0 Å². The lowest BCUT2D eigenvalue weighted by Crippen LogP contribution is -2.28. The average Bonchev–Trinajstić information content (AvgIpc) is 2.77. The summed E-state index contributed by atoms with van der Waals surface area (Å²) in [6.45, 7) is 7.01. The largest absolute Gasteiger partial charge is 0.374 e. The molecule has 2 atom stereocenters. The molecule has 1 aliphatic rings. The van der Waals surface area contributed by atoms with Crippen molar-refractivity contribution in [3.05, 3.63) is 29.1 Å². The van der Waals surface area contributed by atoms with Crippen LogP contribution >= 0.6 is 0 Å². The molecule has 1 aliphatic heterocycles. The van der Waals surface area contributed by atoms with Gasteiger partial charge < -0.3 is 15.5 Å². The second-order valence-electron chi connectivity index (χ2n) is 6.25. The molecule has 0 bridgehead atoms. The molecule has 2 N–H and O–H groups in total. The third-order valence-corrected chi connectivity index (χ3v) is 4.23. The highest BCUT2D eigenvalue weighted by Crippen LogP contribution is 2.29.